The second kappa shape index (κ2) is 7.22. The maximum atomic E-state index is 5.93. The summed E-state index contributed by atoms with van der Waals surface area (Å²) >= 11 is 9.56. The summed E-state index contributed by atoms with van der Waals surface area (Å²) in [5.41, 5.74) is 4.92. The van der Waals surface area contributed by atoms with E-state index in [0.29, 0.717) is 13.2 Å². The fraction of sp³-hybridized carbons (Fsp3) is 0.111. The molecule has 0 spiro atoms. The third kappa shape index (κ3) is 3.24. The molecule has 0 bridgehead atoms. The monoisotopic (exact) mass is 766 g/mol. The topological polar surface area (TPSA) is 18.5 Å². The lowest BCUT2D eigenvalue weighted by Gasteiger charge is -2.28. The first kappa shape index (κ1) is 17.8. The third-order valence-corrected chi connectivity index (χ3v) is 6.97. The zero-order valence-corrected chi connectivity index (χ0v) is 20.8. The zero-order chi connectivity index (χ0) is 16.8. The Morgan fingerprint density at radius 1 is 0.625 bits per heavy atom. The summed E-state index contributed by atoms with van der Waals surface area (Å²) in [6.45, 7) is 1.24. The van der Waals surface area contributed by atoms with Gasteiger partial charge >= 0.3 is 0 Å². The van der Waals surface area contributed by atoms with E-state index in [1.165, 1.54) is 36.6 Å². The van der Waals surface area contributed by atoms with E-state index in [9.17, 15) is 0 Å². The van der Waals surface area contributed by atoms with Gasteiger partial charge in [-0.15, -0.1) is 0 Å². The highest BCUT2D eigenvalue weighted by Gasteiger charge is 2.29. The fourth-order valence-electron chi connectivity index (χ4n) is 2.91. The molecule has 2 nitrogen and oxygen atoms in total. The number of allylic oxidation sites excluding steroid dienone is 2. The smallest absolute Gasteiger partial charge is 0.127 e. The molecule has 0 saturated heterocycles. The van der Waals surface area contributed by atoms with Crippen molar-refractivity contribution >= 4 is 102 Å². The van der Waals surface area contributed by atoms with Crippen LogP contribution >= 0.6 is 90.4 Å². The van der Waals surface area contributed by atoms with Crippen LogP contribution in [0.3, 0.4) is 0 Å². The van der Waals surface area contributed by atoms with Gasteiger partial charge in [0, 0.05) is 36.6 Å². The molecule has 0 aliphatic carbocycles. The highest BCUT2D eigenvalue weighted by atomic mass is 127. The lowest BCUT2D eigenvalue weighted by molar-refractivity contribution is 0.353. The van der Waals surface area contributed by atoms with Crippen molar-refractivity contribution < 1.29 is 9.47 Å². The van der Waals surface area contributed by atoms with Crippen LogP contribution in [0.25, 0.3) is 11.1 Å². The predicted octanol–water partition coefficient (Wildman–Crippen LogP) is 6.67. The Bertz CT molecular complexity index is 840. The highest BCUT2D eigenvalue weighted by Crippen LogP contribution is 2.49. The molecule has 0 N–H and O–H groups in total. The summed E-state index contributed by atoms with van der Waals surface area (Å²) < 4.78 is 16.8. The second-order valence-corrected chi connectivity index (χ2v) is 10.5. The third-order valence-electron chi connectivity index (χ3n) is 3.92. The van der Waals surface area contributed by atoms with Crippen LogP contribution in [0.4, 0.5) is 0 Å². The van der Waals surface area contributed by atoms with Gasteiger partial charge in [0.25, 0.3) is 0 Å². The summed E-state index contributed by atoms with van der Waals surface area (Å²) in [7, 11) is 0. The van der Waals surface area contributed by atoms with Gasteiger partial charge in [-0.2, -0.15) is 0 Å². The molecule has 2 aromatic rings. The van der Waals surface area contributed by atoms with Gasteiger partial charge in [0.15, 0.2) is 0 Å². The van der Waals surface area contributed by atoms with Crippen LogP contribution in [0.5, 0.6) is 11.5 Å². The molecular weight excluding hydrogens is 756 g/mol. The van der Waals surface area contributed by atoms with E-state index >= 15 is 0 Å². The molecular formula is C18H10I4O2. The quantitative estimate of drug-likeness (QED) is 0.302. The Balaban J connectivity index is 1.99. The lowest BCUT2D eigenvalue weighted by Crippen LogP contribution is -2.14. The molecule has 0 radical (unpaired) electrons. The zero-order valence-electron chi connectivity index (χ0n) is 12.2. The number of ether oxygens (including phenoxy) is 2. The highest BCUT2D eigenvalue weighted by molar-refractivity contribution is 14.1. The van der Waals surface area contributed by atoms with E-state index in [0.717, 1.165) is 11.5 Å². The minimum atomic E-state index is 0.622. The molecule has 2 heterocycles. The fourth-order valence-corrected chi connectivity index (χ4v) is 5.32. The molecule has 6 heteroatoms. The Hall–Kier alpha value is 0.440. The van der Waals surface area contributed by atoms with E-state index in [4.69, 9.17) is 9.47 Å². The summed E-state index contributed by atoms with van der Waals surface area (Å²) in [6.07, 6.45) is 0. The van der Waals surface area contributed by atoms with Gasteiger partial charge in [-0.25, -0.2) is 0 Å². The second-order valence-electron chi connectivity index (χ2n) is 5.42. The van der Waals surface area contributed by atoms with Gasteiger partial charge in [-0.3, -0.25) is 0 Å². The summed E-state index contributed by atoms with van der Waals surface area (Å²) in [5, 5.41) is 0. The van der Waals surface area contributed by atoms with Gasteiger partial charge in [-0.05, 0) is 127 Å². The first-order valence-electron chi connectivity index (χ1n) is 7.17. The van der Waals surface area contributed by atoms with Crippen molar-refractivity contribution in [3.63, 3.8) is 0 Å². The van der Waals surface area contributed by atoms with E-state index in [-0.39, 0.29) is 0 Å². The molecule has 0 atom stereocenters. The number of hydrogen-bond donors (Lipinski definition) is 0. The number of fused-ring (bicyclic) bond motifs is 2. The molecule has 2 aliphatic heterocycles. The Labute approximate surface area is 195 Å². The number of halogens is 4. The van der Waals surface area contributed by atoms with Crippen LogP contribution in [0.2, 0.25) is 0 Å². The van der Waals surface area contributed by atoms with Crippen molar-refractivity contribution in [2.75, 3.05) is 13.2 Å². The molecule has 0 saturated carbocycles. The van der Waals surface area contributed by atoms with Crippen molar-refractivity contribution in [3.05, 3.63) is 61.8 Å². The SMILES string of the molecule is IC1=C(C2=C(I)COc3ccc(I)cc32)c2cc(I)ccc2OC1. The normalized spacial score (nSPS) is 16.3. The first-order valence-corrected chi connectivity index (χ1v) is 11.5. The van der Waals surface area contributed by atoms with Crippen LogP contribution in [-0.2, 0) is 0 Å². The number of benzene rings is 2. The number of hydrogen-bond acceptors (Lipinski definition) is 2. The molecule has 0 amide bonds. The van der Waals surface area contributed by atoms with Crippen LogP contribution in [-0.4, -0.2) is 13.2 Å². The van der Waals surface area contributed by atoms with Crippen LogP contribution in [0.1, 0.15) is 11.1 Å². The molecule has 2 aliphatic rings. The van der Waals surface area contributed by atoms with Crippen LogP contribution in [0.15, 0.2) is 43.6 Å². The Morgan fingerprint density at radius 3 is 1.46 bits per heavy atom. The predicted molar refractivity (Wildman–Crippen MR) is 131 cm³/mol. The van der Waals surface area contributed by atoms with Crippen molar-refractivity contribution in [1.29, 1.82) is 0 Å². The van der Waals surface area contributed by atoms with Crippen molar-refractivity contribution in [2.24, 2.45) is 0 Å². The average molecular weight is 766 g/mol. The average Bonchev–Trinajstić information content (AvgIpc) is 2.56. The van der Waals surface area contributed by atoms with Crippen LogP contribution < -0.4 is 9.47 Å². The molecule has 4 rings (SSSR count). The largest absolute Gasteiger partial charge is 0.488 e. The summed E-state index contributed by atoms with van der Waals surface area (Å²) in [6, 6.07) is 12.8. The lowest BCUT2D eigenvalue weighted by atomic mass is 9.89. The van der Waals surface area contributed by atoms with Gasteiger partial charge in [0.1, 0.15) is 24.7 Å². The maximum absolute atomic E-state index is 5.93. The Kier molecular flexibility index (Phi) is 5.36. The van der Waals surface area contributed by atoms with Gasteiger partial charge in [0.05, 0.1) is 0 Å². The minimum Gasteiger partial charge on any atom is -0.488 e. The standard InChI is InChI=1S/C18H10I4O2/c19-9-1-3-15-11(5-9)17(13(21)7-23-15)18-12-6-10(20)2-4-16(12)24-8-14(18)22/h1-6H,7-8H2. The molecule has 0 fully saturated rings. The van der Waals surface area contributed by atoms with Gasteiger partial charge < -0.3 is 9.47 Å². The first-order chi connectivity index (χ1) is 11.5. The van der Waals surface area contributed by atoms with Gasteiger partial charge in [0.2, 0.25) is 0 Å². The summed E-state index contributed by atoms with van der Waals surface area (Å²) in [4.78, 5) is 0. The minimum absolute atomic E-state index is 0.622. The van der Waals surface area contributed by atoms with Crippen LogP contribution in [0, 0.1) is 7.14 Å². The van der Waals surface area contributed by atoms with Crippen molar-refractivity contribution in [1.82, 2.24) is 0 Å². The van der Waals surface area contributed by atoms with Gasteiger partial charge in [-0.1, -0.05) is 0 Å². The number of rotatable bonds is 1. The molecule has 122 valence electrons. The maximum Gasteiger partial charge on any atom is 0.127 e. The summed E-state index contributed by atoms with van der Waals surface area (Å²) in [5.74, 6) is 1.92. The molecule has 2 aromatic carbocycles. The molecule has 0 aromatic heterocycles. The van der Waals surface area contributed by atoms with Crippen molar-refractivity contribution in [3.8, 4) is 11.5 Å². The van der Waals surface area contributed by atoms with E-state index in [1.807, 2.05) is 0 Å². The Morgan fingerprint density at radius 2 is 1.04 bits per heavy atom. The van der Waals surface area contributed by atoms with Crippen molar-refractivity contribution in [2.45, 2.75) is 0 Å². The van der Waals surface area contributed by atoms with E-state index in [2.05, 4.69) is 127 Å². The van der Waals surface area contributed by atoms with E-state index < -0.39 is 0 Å². The molecule has 0 unspecified atom stereocenters. The van der Waals surface area contributed by atoms with E-state index in [1.54, 1.807) is 0 Å². The molecule has 24 heavy (non-hydrogen) atoms.